The van der Waals surface area contributed by atoms with Gasteiger partial charge in [0, 0.05) is 10.5 Å². The largest absolute Gasteiger partial charge is 0.448 e. The first kappa shape index (κ1) is 27.5. The van der Waals surface area contributed by atoms with Gasteiger partial charge in [-0.3, -0.25) is 18.7 Å². The first-order valence-corrected chi connectivity index (χ1v) is 14.7. The average Bonchev–Trinajstić information content (AvgIpc) is 3.49. The number of benzene rings is 2. The molecule has 1 saturated heterocycles. The highest BCUT2D eigenvalue weighted by atomic mass is 32.2. The third-order valence-electron chi connectivity index (χ3n) is 6.73. The standard InChI is InChI=1S/C29H27N3O6S2/c1-18-22(17-30-37-2)25(29(35)38-26(19-10-5-3-6-11-19)20-12-7-4-8-13-20)32-27(34)24(28(32)40(18)36)31-23(33)16-21-14-9-15-39-21/h3-15,17-18,24,26,28H,16H2,1-2H3,(H,31,33)/t18-,24?,28-,40?/m1/s1. The second-order valence-electron chi connectivity index (χ2n) is 9.20. The summed E-state index contributed by atoms with van der Waals surface area (Å²) in [6.45, 7) is 1.68. The maximum absolute atomic E-state index is 13.9. The van der Waals surface area contributed by atoms with Gasteiger partial charge in [-0.2, -0.15) is 0 Å². The molecule has 4 atom stereocenters. The van der Waals surface area contributed by atoms with Crippen molar-refractivity contribution in [3.63, 3.8) is 0 Å². The van der Waals surface area contributed by atoms with Gasteiger partial charge in [-0.05, 0) is 29.5 Å². The Balaban J connectivity index is 1.47. The number of nitrogens with one attached hydrogen (secondary N) is 1. The highest BCUT2D eigenvalue weighted by Gasteiger charge is 2.59. The number of oxime groups is 1. The van der Waals surface area contributed by atoms with Crippen molar-refractivity contribution in [1.82, 2.24) is 10.2 Å². The number of esters is 1. The second kappa shape index (κ2) is 12.0. The predicted molar refractivity (Wildman–Crippen MR) is 152 cm³/mol. The van der Waals surface area contributed by atoms with Crippen molar-refractivity contribution in [3.8, 4) is 0 Å². The van der Waals surface area contributed by atoms with Crippen molar-refractivity contribution in [2.75, 3.05) is 7.11 Å². The van der Waals surface area contributed by atoms with Gasteiger partial charge in [-0.15, -0.1) is 11.3 Å². The van der Waals surface area contributed by atoms with Crippen LogP contribution in [-0.4, -0.2) is 56.9 Å². The van der Waals surface area contributed by atoms with Gasteiger partial charge >= 0.3 is 5.97 Å². The minimum Gasteiger partial charge on any atom is -0.448 e. The van der Waals surface area contributed by atoms with Crippen LogP contribution in [0.5, 0.6) is 0 Å². The van der Waals surface area contributed by atoms with Crippen LogP contribution >= 0.6 is 11.3 Å². The Morgan fingerprint density at radius 3 is 2.30 bits per heavy atom. The quantitative estimate of drug-likeness (QED) is 0.181. The summed E-state index contributed by atoms with van der Waals surface area (Å²) in [6, 6.07) is 21.1. The lowest BCUT2D eigenvalue weighted by Crippen LogP contribution is -2.74. The molecule has 40 heavy (non-hydrogen) atoms. The molecular weight excluding hydrogens is 550 g/mol. The third kappa shape index (κ3) is 5.34. The fourth-order valence-corrected chi connectivity index (χ4v) is 7.19. The zero-order valence-corrected chi connectivity index (χ0v) is 23.4. The lowest BCUT2D eigenvalue weighted by atomic mass is 9.99. The van der Waals surface area contributed by atoms with Crippen LogP contribution in [0.1, 0.15) is 29.0 Å². The summed E-state index contributed by atoms with van der Waals surface area (Å²) >= 11 is 1.43. The van der Waals surface area contributed by atoms with E-state index in [1.165, 1.54) is 29.6 Å². The molecule has 0 bridgehead atoms. The average molecular weight is 578 g/mol. The monoisotopic (exact) mass is 577 g/mol. The molecule has 2 unspecified atom stereocenters. The molecule has 2 amide bonds. The number of amides is 2. The number of β-lactam (4-membered cyclic amide) rings is 1. The Kier molecular flexibility index (Phi) is 8.22. The van der Waals surface area contributed by atoms with Crippen molar-refractivity contribution in [1.29, 1.82) is 0 Å². The number of hydrogen-bond donors (Lipinski definition) is 1. The van der Waals surface area contributed by atoms with E-state index >= 15 is 0 Å². The molecule has 3 heterocycles. The Morgan fingerprint density at radius 2 is 1.73 bits per heavy atom. The van der Waals surface area contributed by atoms with Gasteiger partial charge in [-0.25, -0.2) is 4.79 Å². The highest BCUT2D eigenvalue weighted by molar-refractivity contribution is 7.86. The molecule has 0 spiro atoms. The van der Waals surface area contributed by atoms with E-state index in [2.05, 4.69) is 10.5 Å². The summed E-state index contributed by atoms with van der Waals surface area (Å²) in [5.74, 6) is -1.69. The van der Waals surface area contributed by atoms with E-state index in [9.17, 15) is 18.6 Å². The maximum atomic E-state index is 13.9. The summed E-state index contributed by atoms with van der Waals surface area (Å²) < 4.78 is 19.6. The van der Waals surface area contributed by atoms with Crippen LogP contribution in [0.2, 0.25) is 0 Å². The SMILES string of the molecule is CON=CC1=C(C(=O)OC(c2ccccc2)c2ccccc2)N2C(=O)C(NC(=O)Cc3cccs3)[C@H]2S(=O)[C@@H]1C. The van der Waals surface area contributed by atoms with Gasteiger partial charge in [0.1, 0.15) is 24.2 Å². The molecule has 3 aromatic rings. The predicted octanol–water partition coefficient (Wildman–Crippen LogP) is 3.31. The molecule has 1 fully saturated rings. The van der Waals surface area contributed by atoms with Gasteiger partial charge in [0.15, 0.2) is 6.10 Å². The zero-order chi connectivity index (χ0) is 28.2. The normalized spacial score (nSPS) is 22.2. The van der Waals surface area contributed by atoms with E-state index < -0.39 is 45.4 Å². The number of carbonyl (C=O) groups is 3. The van der Waals surface area contributed by atoms with Crippen molar-refractivity contribution >= 4 is 46.1 Å². The Labute approximate surface area is 237 Å². The van der Waals surface area contributed by atoms with Crippen LogP contribution in [0.3, 0.4) is 0 Å². The molecule has 0 saturated carbocycles. The fourth-order valence-electron chi connectivity index (χ4n) is 4.77. The number of rotatable bonds is 9. The minimum atomic E-state index is -1.65. The number of carbonyl (C=O) groups excluding carboxylic acids is 3. The van der Waals surface area contributed by atoms with E-state index in [4.69, 9.17) is 9.57 Å². The Hall–Kier alpha value is -4.09. The van der Waals surface area contributed by atoms with Crippen LogP contribution in [0, 0.1) is 0 Å². The van der Waals surface area contributed by atoms with E-state index in [-0.39, 0.29) is 23.6 Å². The summed E-state index contributed by atoms with van der Waals surface area (Å²) in [7, 11) is -0.309. The lowest BCUT2D eigenvalue weighted by molar-refractivity contribution is -0.154. The third-order valence-corrected chi connectivity index (χ3v) is 9.52. The van der Waals surface area contributed by atoms with E-state index in [0.29, 0.717) is 0 Å². The van der Waals surface area contributed by atoms with E-state index in [1.807, 2.05) is 78.2 Å². The van der Waals surface area contributed by atoms with Gasteiger partial charge in [-0.1, -0.05) is 71.9 Å². The minimum absolute atomic E-state index is 0.0662. The molecule has 1 N–H and O–H groups in total. The smallest absolute Gasteiger partial charge is 0.356 e. The van der Waals surface area contributed by atoms with Crippen LogP contribution in [0.15, 0.2) is 94.6 Å². The molecule has 11 heteroatoms. The van der Waals surface area contributed by atoms with Gasteiger partial charge in [0.25, 0.3) is 5.91 Å². The van der Waals surface area contributed by atoms with Crippen LogP contribution in [0.25, 0.3) is 0 Å². The lowest BCUT2D eigenvalue weighted by Gasteiger charge is -2.50. The number of thiophene rings is 1. The van der Waals surface area contributed by atoms with Crippen molar-refractivity contribution in [2.24, 2.45) is 5.16 Å². The summed E-state index contributed by atoms with van der Waals surface area (Å²) in [6.07, 6.45) is 0.621. The maximum Gasteiger partial charge on any atom is 0.356 e. The van der Waals surface area contributed by atoms with Crippen molar-refractivity contribution in [2.45, 2.75) is 36.1 Å². The number of nitrogens with zero attached hydrogens (tertiary/aromatic N) is 2. The van der Waals surface area contributed by atoms with Gasteiger partial charge in [0.2, 0.25) is 5.91 Å². The number of ether oxygens (including phenoxy) is 1. The first-order valence-electron chi connectivity index (χ1n) is 12.6. The van der Waals surface area contributed by atoms with Crippen molar-refractivity contribution < 1.29 is 28.2 Å². The molecular formula is C29H27N3O6S2. The summed E-state index contributed by atoms with van der Waals surface area (Å²) in [5.41, 5.74) is 1.67. The molecule has 2 aliphatic heterocycles. The fraction of sp³-hybridized carbons (Fsp3) is 0.241. The van der Waals surface area contributed by atoms with Crippen LogP contribution < -0.4 is 5.32 Å². The van der Waals surface area contributed by atoms with Gasteiger partial charge < -0.3 is 14.9 Å². The first-order chi connectivity index (χ1) is 19.4. The summed E-state index contributed by atoms with van der Waals surface area (Å²) in [5, 5.41) is 6.75. The molecule has 5 rings (SSSR count). The van der Waals surface area contributed by atoms with Crippen molar-refractivity contribution in [3.05, 3.63) is 105 Å². The molecule has 206 valence electrons. The molecule has 0 radical (unpaired) electrons. The van der Waals surface area contributed by atoms with Crippen LogP contribution in [0.4, 0.5) is 0 Å². The van der Waals surface area contributed by atoms with E-state index in [0.717, 1.165) is 16.0 Å². The Morgan fingerprint density at radius 1 is 1.07 bits per heavy atom. The van der Waals surface area contributed by atoms with Crippen LogP contribution in [-0.2, 0) is 41.2 Å². The second-order valence-corrected chi connectivity index (χ2v) is 12.1. The number of hydrogen-bond acceptors (Lipinski definition) is 8. The topological polar surface area (TPSA) is 114 Å². The Bertz CT molecular complexity index is 1430. The molecule has 9 nitrogen and oxygen atoms in total. The molecule has 2 aliphatic rings. The van der Waals surface area contributed by atoms with E-state index in [1.54, 1.807) is 6.92 Å². The molecule has 1 aromatic heterocycles. The highest BCUT2D eigenvalue weighted by Crippen LogP contribution is 2.39. The number of fused-ring (bicyclic) bond motifs is 1. The zero-order valence-electron chi connectivity index (χ0n) is 21.8. The summed E-state index contributed by atoms with van der Waals surface area (Å²) in [4.78, 5) is 46.8. The molecule has 0 aliphatic carbocycles. The molecule has 2 aromatic carbocycles. The van der Waals surface area contributed by atoms with Gasteiger partial charge in [0.05, 0.1) is 28.7 Å².